The van der Waals surface area contributed by atoms with Crippen molar-refractivity contribution in [1.82, 2.24) is 5.32 Å². The summed E-state index contributed by atoms with van der Waals surface area (Å²) in [6, 6.07) is 6.90. The topological polar surface area (TPSA) is 195 Å². The van der Waals surface area contributed by atoms with Crippen molar-refractivity contribution in [1.29, 1.82) is 5.41 Å². The van der Waals surface area contributed by atoms with Crippen LogP contribution in [0.15, 0.2) is 30.3 Å². The number of hydrogen-bond donors (Lipinski definition) is 5. The van der Waals surface area contributed by atoms with Crippen molar-refractivity contribution in [2.24, 2.45) is 11.5 Å². The van der Waals surface area contributed by atoms with Crippen LogP contribution in [0.1, 0.15) is 12.0 Å². The van der Waals surface area contributed by atoms with E-state index < -0.39 is 47.4 Å². The molecule has 0 bridgehead atoms. The molecule has 25 heavy (non-hydrogen) atoms. The molecule has 2 atom stereocenters. The average Bonchev–Trinajstić information content (AvgIpc) is 2.56. The fourth-order valence-electron chi connectivity index (χ4n) is 1.93. The van der Waals surface area contributed by atoms with Crippen LogP contribution >= 0.6 is 0 Å². The van der Waals surface area contributed by atoms with Gasteiger partial charge in [0.15, 0.2) is 5.96 Å². The van der Waals surface area contributed by atoms with E-state index in [2.05, 4.69) is 5.32 Å². The van der Waals surface area contributed by atoms with Gasteiger partial charge in [-0.15, -0.1) is 0 Å². The Balaban J connectivity index is 2.85. The third-order valence-electron chi connectivity index (χ3n) is 3.34. The van der Waals surface area contributed by atoms with Gasteiger partial charge in [0.05, 0.1) is 13.0 Å². The molecule has 0 spiro atoms. The standard InChI is InChI=1S/C14H19N5O6/c15-13(16)18-7-10(19(23)24)6-14(17,11(20)21)12(22)25-8-9-4-2-1-3-5-9/h1-5,10H,6-8,17H2,(H,20,21)(H4,15,16,18)/t10?,14-/m0/s1. The fraction of sp³-hybridized carbons (Fsp3) is 0.357. The van der Waals surface area contributed by atoms with Crippen LogP contribution in [-0.4, -0.2) is 46.1 Å². The Labute approximate surface area is 142 Å². The lowest BCUT2D eigenvalue weighted by molar-refractivity contribution is -0.521. The highest BCUT2D eigenvalue weighted by molar-refractivity contribution is 6.03. The summed E-state index contributed by atoms with van der Waals surface area (Å²) < 4.78 is 4.91. The number of aliphatic carboxylic acids is 1. The molecule has 0 aliphatic carbocycles. The lowest BCUT2D eigenvalue weighted by atomic mass is 9.92. The van der Waals surface area contributed by atoms with Gasteiger partial charge in [0.25, 0.3) is 0 Å². The summed E-state index contributed by atoms with van der Waals surface area (Å²) in [4.78, 5) is 33.8. The summed E-state index contributed by atoms with van der Waals surface area (Å²) in [7, 11) is 0. The van der Waals surface area contributed by atoms with E-state index in [1.807, 2.05) is 0 Å². The molecule has 11 heteroatoms. The van der Waals surface area contributed by atoms with Crippen LogP contribution < -0.4 is 16.8 Å². The molecule has 7 N–H and O–H groups in total. The number of carboxylic acid groups (broad SMARTS) is 1. The van der Waals surface area contributed by atoms with Gasteiger partial charge in [0.1, 0.15) is 6.61 Å². The summed E-state index contributed by atoms with van der Waals surface area (Å²) in [5.74, 6) is -3.57. The van der Waals surface area contributed by atoms with E-state index in [-0.39, 0.29) is 6.61 Å². The zero-order chi connectivity index (χ0) is 19.0. The first-order valence-electron chi connectivity index (χ1n) is 7.11. The number of carbonyl (C=O) groups is 2. The summed E-state index contributed by atoms with van der Waals surface area (Å²) in [6.07, 6.45) is -0.830. The van der Waals surface area contributed by atoms with Gasteiger partial charge in [0.2, 0.25) is 11.6 Å². The third kappa shape index (κ3) is 5.73. The fourth-order valence-corrected chi connectivity index (χ4v) is 1.93. The Kier molecular flexibility index (Phi) is 6.81. The number of carbonyl (C=O) groups excluding carboxylic acids is 1. The Morgan fingerprint density at radius 3 is 2.48 bits per heavy atom. The van der Waals surface area contributed by atoms with Crippen LogP contribution in [0.2, 0.25) is 0 Å². The Hall–Kier alpha value is -3.21. The normalized spacial score (nSPS) is 14.0. The van der Waals surface area contributed by atoms with Crippen LogP contribution in [0.3, 0.4) is 0 Å². The minimum atomic E-state index is -2.61. The van der Waals surface area contributed by atoms with Crippen molar-refractivity contribution >= 4 is 17.9 Å². The molecule has 0 fully saturated rings. The number of esters is 1. The lowest BCUT2D eigenvalue weighted by Crippen LogP contribution is -2.59. The van der Waals surface area contributed by atoms with E-state index in [0.29, 0.717) is 5.56 Å². The zero-order valence-electron chi connectivity index (χ0n) is 13.2. The number of rotatable bonds is 9. The molecule has 0 saturated heterocycles. The van der Waals surface area contributed by atoms with Crippen LogP contribution in [-0.2, 0) is 20.9 Å². The number of guanidine groups is 1. The summed E-state index contributed by atoms with van der Waals surface area (Å²) in [5.41, 5.74) is 8.65. The monoisotopic (exact) mass is 353 g/mol. The molecule has 0 aliphatic rings. The number of nitrogens with two attached hydrogens (primary N) is 2. The Morgan fingerprint density at radius 1 is 1.40 bits per heavy atom. The number of nitrogens with one attached hydrogen (secondary N) is 2. The molecule has 11 nitrogen and oxygen atoms in total. The van der Waals surface area contributed by atoms with Crippen molar-refractivity contribution < 1.29 is 24.4 Å². The molecule has 136 valence electrons. The Morgan fingerprint density at radius 2 is 2.00 bits per heavy atom. The second kappa shape index (κ2) is 8.59. The first-order valence-corrected chi connectivity index (χ1v) is 7.11. The van der Waals surface area contributed by atoms with Crippen molar-refractivity contribution in [2.45, 2.75) is 24.6 Å². The number of nitrogens with zero attached hydrogens (tertiary/aromatic N) is 1. The van der Waals surface area contributed by atoms with Gasteiger partial charge >= 0.3 is 11.9 Å². The number of benzene rings is 1. The molecule has 1 rings (SSSR count). The smallest absolute Gasteiger partial charge is 0.338 e. The minimum absolute atomic E-state index is 0.221. The van der Waals surface area contributed by atoms with Gasteiger partial charge < -0.3 is 26.6 Å². The number of carboxylic acids is 1. The second-order valence-corrected chi connectivity index (χ2v) is 5.28. The van der Waals surface area contributed by atoms with Gasteiger partial charge in [-0.05, 0) is 5.56 Å². The van der Waals surface area contributed by atoms with Crippen molar-refractivity contribution in [2.75, 3.05) is 6.54 Å². The maximum atomic E-state index is 12.1. The predicted molar refractivity (Wildman–Crippen MR) is 86.1 cm³/mol. The summed E-state index contributed by atoms with van der Waals surface area (Å²) >= 11 is 0. The van der Waals surface area contributed by atoms with Crippen LogP contribution in [0.25, 0.3) is 0 Å². The van der Waals surface area contributed by atoms with Gasteiger partial charge in [-0.3, -0.25) is 15.5 Å². The van der Waals surface area contributed by atoms with E-state index >= 15 is 0 Å². The van der Waals surface area contributed by atoms with E-state index in [1.165, 1.54) is 0 Å². The van der Waals surface area contributed by atoms with Gasteiger partial charge in [0, 0.05) is 4.92 Å². The van der Waals surface area contributed by atoms with E-state index in [4.69, 9.17) is 21.6 Å². The van der Waals surface area contributed by atoms with E-state index in [9.17, 15) is 24.8 Å². The number of ether oxygens (including phenoxy) is 1. The first kappa shape index (κ1) is 19.8. The lowest BCUT2D eigenvalue weighted by Gasteiger charge is -2.24. The molecule has 1 aromatic carbocycles. The van der Waals surface area contributed by atoms with Crippen LogP contribution in [0.5, 0.6) is 0 Å². The zero-order valence-corrected chi connectivity index (χ0v) is 13.2. The molecule has 1 unspecified atom stereocenters. The maximum Gasteiger partial charge on any atom is 0.338 e. The molecule has 0 saturated carbocycles. The molecular weight excluding hydrogens is 334 g/mol. The number of hydrogen-bond acceptors (Lipinski definition) is 7. The predicted octanol–water partition coefficient (Wildman–Crippen LogP) is -0.970. The largest absolute Gasteiger partial charge is 0.479 e. The molecular formula is C14H19N5O6. The first-order chi connectivity index (χ1) is 11.7. The minimum Gasteiger partial charge on any atom is -0.479 e. The highest BCUT2D eigenvalue weighted by atomic mass is 16.6. The highest BCUT2D eigenvalue weighted by Gasteiger charge is 2.48. The molecule has 0 aromatic heterocycles. The molecule has 0 amide bonds. The third-order valence-corrected chi connectivity index (χ3v) is 3.34. The van der Waals surface area contributed by atoms with E-state index in [1.54, 1.807) is 30.3 Å². The highest BCUT2D eigenvalue weighted by Crippen LogP contribution is 2.16. The molecule has 1 aromatic rings. The van der Waals surface area contributed by atoms with Gasteiger partial charge in [-0.25, -0.2) is 9.59 Å². The quantitative estimate of drug-likeness (QED) is 0.0926. The molecule has 0 heterocycles. The summed E-state index contributed by atoms with van der Waals surface area (Å²) in [5, 5.41) is 29.5. The average molecular weight is 353 g/mol. The van der Waals surface area contributed by atoms with Crippen LogP contribution in [0.4, 0.5) is 0 Å². The van der Waals surface area contributed by atoms with E-state index in [0.717, 1.165) is 0 Å². The van der Waals surface area contributed by atoms with Gasteiger partial charge in [-0.2, -0.15) is 0 Å². The molecule has 0 aliphatic heterocycles. The van der Waals surface area contributed by atoms with Crippen LogP contribution in [0, 0.1) is 15.5 Å². The van der Waals surface area contributed by atoms with Gasteiger partial charge in [-0.1, -0.05) is 30.3 Å². The van der Waals surface area contributed by atoms with Crippen molar-refractivity contribution in [3.8, 4) is 0 Å². The second-order valence-electron chi connectivity index (χ2n) is 5.28. The molecule has 0 radical (unpaired) electrons. The SMILES string of the molecule is N=C(N)NCC(C[C@](N)(C(=O)O)C(=O)OCc1ccccc1)[N+](=O)[O-]. The summed E-state index contributed by atoms with van der Waals surface area (Å²) in [6.45, 7) is -0.679. The van der Waals surface area contributed by atoms with Crippen molar-refractivity contribution in [3.63, 3.8) is 0 Å². The maximum absolute atomic E-state index is 12.1. The number of nitro groups is 1. The van der Waals surface area contributed by atoms with Crippen molar-refractivity contribution in [3.05, 3.63) is 46.0 Å². The Bertz CT molecular complexity index is 652.